The average Bonchev–Trinajstić information content (AvgIpc) is 2.87. The molecule has 3 nitrogen and oxygen atoms in total. The van der Waals surface area contributed by atoms with Crippen molar-refractivity contribution in [3.8, 4) is 0 Å². The number of likely N-dealkylation sites (tertiary alicyclic amines) is 1. The molecule has 1 aromatic heterocycles. The largest absolute Gasteiger partial charge is 0.464 e. The summed E-state index contributed by atoms with van der Waals surface area (Å²) in [6.45, 7) is 12.3. The zero-order valence-corrected chi connectivity index (χ0v) is 13.9. The van der Waals surface area contributed by atoms with E-state index in [9.17, 15) is 0 Å². The smallest absolute Gasteiger partial charge is 0.122 e. The molecule has 1 aliphatic heterocycles. The molecule has 1 saturated heterocycles. The predicted octanol–water partition coefficient (Wildman–Crippen LogP) is 3.77. The molecule has 0 spiro atoms. The maximum Gasteiger partial charge on any atom is 0.122 e. The number of nitrogens with two attached hydrogens (primary N) is 1. The van der Waals surface area contributed by atoms with Gasteiger partial charge in [0.05, 0.1) is 6.04 Å². The lowest BCUT2D eigenvalue weighted by Gasteiger charge is -2.29. The third kappa shape index (κ3) is 3.04. The minimum Gasteiger partial charge on any atom is -0.464 e. The van der Waals surface area contributed by atoms with Gasteiger partial charge in [-0.15, -0.1) is 0 Å². The molecule has 1 saturated carbocycles. The van der Waals surface area contributed by atoms with E-state index in [-0.39, 0.29) is 6.04 Å². The van der Waals surface area contributed by atoms with Crippen LogP contribution < -0.4 is 5.73 Å². The van der Waals surface area contributed by atoms with Gasteiger partial charge in [0, 0.05) is 19.0 Å². The summed E-state index contributed by atoms with van der Waals surface area (Å²) in [5.41, 5.74) is 6.45. The van der Waals surface area contributed by atoms with E-state index in [1.54, 1.807) is 0 Å². The van der Waals surface area contributed by atoms with Crippen molar-refractivity contribution >= 4 is 0 Å². The standard InChI is InChI=1S/C18H30N2O/c1-12-9-14(12)16-5-6-17(21-16)15(10-19)20-8-7-13(11-20)18(2,3)4/h5-6,12-15H,7-11,19H2,1-4H3. The zero-order chi connectivity index (χ0) is 15.2. The summed E-state index contributed by atoms with van der Waals surface area (Å²) in [4.78, 5) is 2.52. The molecule has 2 N–H and O–H groups in total. The number of rotatable bonds is 4. The number of hydrogen-bond donors (Lipinski definition) is 1. The van der Waals surface area contributed by atoms with Crippen molar-refractivity contribution in [1.29, 1.82) is 0 Å². The van der Waals surface area contributed by atoms with Crippen LogP contribution >= 0.6 is 0 Å². The molecule has 3 rings (SSSR count). The summed E-state index contributed by atoms with van der Waals surface area (Å²) in [5.74, 6) is 4.43. The lowest BCUT2D eigenvalue weighted by molar-refractivity contribution is 0.181. The van der Waals surface area contributed by atoms with E-state index in [2.05, 4.69) is 44.7 Å². The fourth-order valence-corrected chi connectivity index (χ4v) is 3.69. The first-order valence-electron chi connectivity index (χ1n) is 8.44. The molecule has 118 valence electrons. The molecule has 0 radical (unpaired) electrons. The molecular formula is C18H30N2O. The normalized spacial score (nSPS) is 31.6. The summed E-state index contributed by atoms with van der Waals surface area (Å²) in [7, 11) is 0. The Labute approximate surface area is 128 Å². The summed E-state index contributed by atoms with van der Waals surface area (Å²) < 4.78 is 6.14. The van der Waals surface area contributed by atoms with E-state index in [0.29, 0.717) is 17.9 Å². The molecular weight excluding hydrogens is 260 g/mol. The van der Waals surface area contributed by atoms with E-state index in [0.717, 1.165) is 30.7 Å². The highest BCUT2D eigenvalue weighted by molar-refractivity contribution is 5.19. The van der Waals surface area contributed by atoms with Gasteiger partial charge in [-0.3, -0.25) is 4.90 Å². The molecule has 4 unspecified atom stereocenters. The second kappa shape index (κ2) is 5.44. The summed E-state index contributed by atoms with van der Waals surface area (Å²) >= 11 is 0. The van der Waals surface area contributed by atoms with Gasteiger partial charge in [-0.2, -0.15) is 0 Å². The Morgan fingerprint density at radius 2 is 2.10 bits per heavy atom. The van der Waals surface area contributed by atoms with E-state index >= 15 is 0 Å². The Morgan fingerprint density at radius 3 is 2.62 bits per heavy atom. The predicted molar refractivity (Wildman–Crippen MR) is 86.2 cm³/mol. The second-order valence-electron chi connectivity index (χ2n) is 8.16. The Morgan fingerprint density at radius 1 is 1.38 bits per heavy atom. The van der Waals surface area contributed by atoms with Crippen LogP contribution in [0.25, 0.3) is 0 Å². The highest BCUT2D eigenvalue weighted by Gasteiger charge is 2.38. The highest BCUT2D eigenvalue weighted by atomic mass is 16.3. The van der Waals surface area contributed by atoms with Crippen LogP contribution in [0.2, 0.25) is 0 Å². The van der Waals surface area contributed by atoms with Crippen LogP contribution in [0.4, 0.5) is 0 Å². The Balaban J connectivity index is 1.69. The minimum absolute atomic E-state index is 0.250. The molecule has 4 atom stereocenters. The lowest BCUT2D eigenvalue weighted by Crippen LogP contribution is -2.33. The van der Waals surface area contributed by atoms with Gasteiger partial charge in [0.2, 0.25) is 0 Å². The minimum atomic E-state index is 0.250. The molecule has 1 aliphatic carbocycles. The fraction of sp³-hybridized carbons (Fsp3) is 0.778. The summed E-state index contributed by atoms with van der Waals surface area (Å²) in [5, 5.41) is 0. The maximum atomic E-state index is 6.14. The monoisotopic (exact) mass is 290 g/mol. The van der Waals surface area contributed by atoms with Crippen molar-refractivity contribution in [3.63, 3.8) is 0 Å². The van der Waals surface area contributed by atoms with Gasteiger partial charge in [-0.25, -0.2) is 0 Å². The first-order chi connectivity index (χ1) is 9.90. The number of nitrogens with zero attached hydrogens (tertiary/aromatic N) is 1. The van der Waals surface area contributed by atoms with Crippen LogP contribution in [0.3, 0.4) is 0 Å². The van der Waals surface area contributed by atoms with Gasteiger partial charge in [0.25, 0.3) is 0 Å². The van der Waals surface area contributed by atoms with E-state index in [4.69, 9.17) is 10.2 Å². The van der Waals surface area contributed by atoms with Gasteiger partial charge in [0.1, 0.15) is 11.5 Å². The van der Waals surface area contributed by atoms with Crippen molar-refractivity contribution in [2.75, 3.05) is 19.6 Å². The molecule has 0 amide bonds. The van der Waals surface area contributed by atoms with Gasteiger partial charge in [-0.1, -0.05) is 27.7 Å². The summed E-state index contributed by atoms with van der Waals surface area (Å²) in [6.07, 6.45) is 2.54. The van der Waals surface area contributed by atoms with Crippen LogP contribution in [0.5, 0.6) is 0 Å². The van der Waals surface area contributed by atoms with E-state index < -0.39 is 0 Å². The summed E-state index contributed by atoms with van der Waals surface area (Å²) in [6, 6.07) is 4.58. The SMILES string of the molecule is CC1CC1c1ccc(C(CN)N2CCC(C(C)(C)C)C2)o1. The van der Waals surface area contributed by atoms with E-state index in [1.165, 1.54) is 18.6 Å². The molecule has 2 fully saturated rings. The van der Waals surface area contributed by atoms with Crippen molar-refractivity contribution in [3.05, 3.63) is 23.7 Å². The lowest BCUT2D eigenvalue weighted by atomic mass is 9.80. The number of furan rings is 1. The average molecular weight is 290 g/mol. The van der Waals surface area contributed by atoms with Crippen LogP contribution in [0, 0.1) is 17.3 Å². The number of hydrogen-bond acceptors (Lipinski definition) is 3. The van der Waals surface area contributed by atoms with Crippen molar-refractivity contribution in [2.24, 2.45) is 23.0 Å². The first kappa shape index (κ1) is 15.1. The third-order valence-electron chi connectivity index (χ3n) is 5.56. The van der Waals surface area contributed by atoms with Crippen molar-refractivity contribution in [2.45, 2.75) is 52.5 Å². The van der Waals surface area contributed by atoms with Crippen molar-refractivity contribution < 1.29 is 4.42 Å². The molecule has 21 heavy (non-hydrogen) atoms. The third-order valence-corrected chi connectivity index (χ3v) is 5.56. The van der Waals surface area contributed by atoms with Crippen LogP contribution in [-0.4, -0.2) is 24.5 Å². The Bertz CT molecular complexity index is 488. The fourth-order valence-electron chi connectivity index (χ4n) is 3.69. The molecule has 0 aromatic carbocycles. The zero-order valence-electron chi connectivity index (χ0n) is 13.9. The maximum absolute atomic E-state index is 6.14. The quantitative estimate of drug-likeness (QED) is 0.918. The Kier molecular flexibility index (Phi) is 3.91. The van der Waals surface area contributed by atoms with Crippen LogP contribution in [0.15, 0.2) is 16.5 Å². The highest BCUT2D eigenvalue weighted by Crippen LogP contribution is 2.48. The molecule has 0 bridgehead atoms. The second-order valence-corrected chi connectivity index (χ2v) is 8.16. The van der Waals surface area contributed by atoms with Gasteiger partial charge in [0.15, 0.2) is 0 Å². The van der Waals surface area contributed by atoms with Crippen LogP contribution in [-0.2, 0) is 0 Å². The van der Waals surface area contributed by atoms with Gasteiger partial charge in [-0.05, 0) is 48.8 Å². The molecule has 3 heteroatoms. The van der Waals surface area contributed by atoms with Crippen molar-refractivity contribution in [1.82, 2.24) is 4.90 Å². The first-order valence-corrected chi connectivity index (χ1v) is 8.44. The van der Waals surface area contributed by atoms with Gasteiger partial charge >= 0.3 is 0 Å². The van der Waals surface area contributed by atoms with Crippen LogP contribution in [0.1, 0.15) is 64.0 Å². The van der Waals surface area contributed by atoms with Gasteiger partial charge < -0.3 is 10.2 Å². The topological polar surface area (TPSA) is 42.4 Å². The molecule has 2 aliphatic rings. The molecule has 1 aromatic rings. The molecule has 2 heterocycles. The Hall–Kier alpha value is -0.800. The van der Waals surface area contributed by atoms with E-state index in [1.807, 2.05) is 0 Å².